The Kier molecular flexibility index (Phi) is 3.95. The molecule has 0 unspecified atom stereocenters. The number of nitrogens with one attached hydrogen (secondary N) is 2. The van der Waals surface area contributed by atoms with Crippen LogP contribution in [0.25, 0.3) is 0 Å². The lowest BCUT2D eigenvalue weighted by molar-refractivity contribution is -0.153. The monoisotopic (exact) mass is 284 g/mol. The van der Waals surface area contributed by atoms with E-state index in [1.165, 1.54) is 7.11 Å². The number of carbonyl (C=O) groups is 2. The predicted molar refractivity (Wildman–Crippen MR) is 73.2 cm³/mol. The van der Waals surface area contributed by atoms with E-state index in [0.717, 1.165) is 13.0 Å². The Bertz CT molecular complexity index is 404. The molecule has 0 aromatic heterocycles. The Labute approximate surface area is 119 Å². The summed E-state index contributed by atoms with van der Waals surface area (Å²) >= 11 is 0. The summed E-state index contributed by atoms with van der Waals surface area (Å²) in [4.78, 5) is 23.9. The SMILES string of the molecule is COC(=O)[C@]12CNC[C@H]1C[C@H](NC(=O)OC(C)(C)C)C2. The van der Waals surface area contributed by atoms with Gasteiger partial charge >= 0.3 is 12.1 Å². The van der Waals surface area contributed by atoms with Crippen molar-refractivity contribution < 1.29 is 19.1 Å². The van der Waals surface area contributed by atoms with Crippen LogP contribution in [-0.2, 0) is 14.3 Å². The first-order valence-electron chi connectivity index (χ1n) is 7.05. The van der Waals surface area contributed by atoms with E-state index < -0.39 is 17.1 Å². The van der Waals surface area contributed by atoms with Crippen molar-refractivity contribution in [2.24, 2.45) is 11.3 Å². The number of alkyl carbamates (subject to hydrolysis) is 1. The number of hydrogen-bond acceptors (Lipinski definition) is 5. The molecule has 2 fully saturated rings. The molecule has 1 heterocycles. The van der Waals surface area contributed by atoms with Crippen molar-refractivity contribution >= 4 is 12.1 Å². The van der Waals surface area contributed by atoms with E-state index in [2.05, 4.69) is 10.6 Å². The lowest BCUT2D eigenvalue weighted by Crippen LogP contribution is -2.41. The smallest absolute Gasteiger partial charge is 0.407 e. The van der Waals surface area contributed by atoms with Crippen LogP contribution in [0.4, 0.5) is 4.79 Å². The zero-order valence-electron chi connectivity index (χ0n) is 12.6. The average Bonchev–Trinajstić information content (AvgIpc) is 2.82. The molecule has 6 nitrogen and oxygen atoms in total. The number of hydrogen-bond donors (Lipinski definition) is 2. The van der Waals surface area contributed by atoms with Crippen molar-refractivity contribution in [3.8, 4) is 0 Å². The molecule has 3 atom stereocenters. The van der Waals surface area contributed by atoms with Crippen molar-refractivity contribution in [1.29, 1.82) is 0 Å². The average molecular weight is 284 g/mol. The normalized spacial score (nSPS) is 32.6. The van der Waals surface area contributed by atoms with Crippen LogP contribution in [-0.4, -0.2) is 43.9 Å². The van der Waals surface area contributed by atoms with Gasteiger partial charge in [0.2, 0.25) is 0 Å². The maximum absolute atomic E-state index is 12.1. The summed E-state index contributed by atoms with van der Waals surface area (Å²) in [6.45, 7) is 6.90. The second-order valence-corrected chi connectivity index (χ2v) is 6.76. The Hall–Kier alpha value is -1.30. The third-order valence-corrected chi connectivity index (χ3v) is 4.11. The van der Waals surface area contributed by atoms with Crippen LogP contribution in [0, 0.1) is 11.3 Å². The van der Waals surface area contributed by atoms with Crippen LogP contribution in [0.2, 0.25) is 0 Å². The fourth-order valence-corrected chi connectivity index (χ4v) is 3.33. The zero-order valence-corrected chi connectivity index (χ0v) is 12.6. The molecule has 20 heavy (non-hydrogen) atoms. The van der Waals surface area contributed by atoms with Gasteiger partial charge in [0.15, 0.2) is 0 Å². The van der Waals surface area contributed by atoms with E-state index in [0.29, 0.717) is 13.0 Å². The van der Waals surface area contributed by atoms with Crippen molar-refractivity contribution in [1.82, 2.24) is 10.6 Å². The van der Waals surface area contributed by atoms with E-state index in [9.17, 15) is 9.59 Å². The summed E-state index contributed by atoms with van der Waals surface area (Å²) in [5, 5.41) is 6.12. The molecular formula is C14H24N2O4. The summed E-state index contributed by atoms with van der Waals surface area (Å²) in [5.41, 5.74) is -1.01. The lowest BCUT2D eigenvalue weighted by Gasteiger charge is -2.25. The van der Waals surface area contributed by atoms with Gasteiger partial charge in [0.25, 0.3) is 0 Å². The highest BCUT2D eigenvalue weighted by atomic mass is 16.6. The fourth-order valence-electron chi connectivity index (χ4n) is 3.33. The number of ether oxygens (including phenoxy) is 2. The van der Waals surface area contributed by atoms with Gasteiger partial charge in [-0.3, -0.25) is 4.79 Å². The first-order valence-corrected chi connectivity index (χ1v) is 7.05. The molecule has 1 amide bonds. The van der Waals surface area contributed by atoms with Gasteiger partial charge in [0.05, 0.1) is 12.5 Å². The molecule has 1 saturated heterocycles. The molecular weight excluding hydrogens is 260 g/mol. The number of esters is 1. The minimum absolute atomic E-state index is 0.0314. The molecule has 0 spiro atoms. The molecule has 0 aromatic rings. The highest BCUT2D eigenvalue weighted by molar-refractivity contribution is 5.79. The van der Waals surface area contributed by atoms with E-state index in [1.807, 2.05) is 20.8 Å². The van der Waals surface area contributed by atoms with Crippen LogP contribution < -0.4 is 10.6 Å². The van der Waals surface area contributed by atoms with Gasteiger partial charge in [0.1, 0.15) is 5.60 Å². The number of rotatable bonds is 2. The highest BCUT2D eigenvalue weighted by Crippen LogP contribution is 2.46. The molecule has 1 aliphatic heterocycles. The second kappa shape index (κ2) is 5.24. The third-order valence-electron chi connectivity index (χ3n) is 4.11. The van der Waals surface area contributed by atoms with Crippen molar-refractivity contribution in [3.05, 3.63) is 0 Å². The number of carbonyl (C=O) groups excluding carboxylic acids is 2. The minimum Gasteiger partial charge on any atom is -0.469 e. The molecule has 2 aliphatic rings. The van der Waals surface area contributed by atoms with Crippen LogP contribution >= 0.6 is 0 Å². The number of fused-ring (bicyclic) bond motifs is 1. The van der Waals surface area contributed by atoms with Crippen LogP contribution in [0.15, 0.2) is 0 Å². The molecule has 6 heteroatoms. The van der Waals surface area contributed by atoms with Crippen molar-refractivity contribution in [2.45, 2.75) is 45.3 Å². The summed E-state index contributed by atoms with van der Waals surface area (Å²) in [7, 11) is 1.42. The summed E-state index contributed by atoms with van der Waals surface area (Å²) in [6, 6.07) is -0.0314. The molecule has 0 aromatic carbocycles. The van der Waals surface area contributed by atoms with Crippen molar-refractivity contribution in [3.63, 3.8) is 0 Å². The Balaban J connectivity index is 1.98. The maximum Gasteiger partial charge on any atom is 0.407 e. The molecule has 0 radical (unpaired) electrons. The second-order valence-electron chi connectivity index (χ2n) is 6.76. The molecule has 114 valence electrons. The van der Waals surface area contributed by atoms with Crippen molar-refractivity contribution in [2.75, 3.05) is 20.2 Å². The van der Waals surface area contributed by atoms with E-state index >= 15 is 0 Å². The fraction of sp³-hybridized carbons (Fsp3) is 0.857. The zero-order chi connectivity index (χ0) is 15.0. The van der Waals surface area contributed by atoms with Gasteiger partial charge in [-0.05, 0) is 46.1 Å². The van der Waals surface area contributed by atoms with E-state index in [4.69, 9.17) is 9.47 Å². The number of amides is 1. The first kappa shape index (κ1) is 15.1. The van der Waals surface area contributed by atoms with Crippen LogP contribution in [0.1, 0.15) is 33.6 Å². The summed E-state index contributed by atoms with van der Waals surface area (Å²) in [5.74, 6) is 0.0378. The van der Waals surface area contributed by atoms with E-state index in [1.54, 1.807) is 0 Å². The largest absolute Gasteiger partial charge is 0.469 e. The third kappa shape index (κ3) is 2.90. The molecule has 0 bridgehead atoms. The van der Waals surface area contributed by atoms with Gasteiger partial charge in [0, 0.05) is 12.6 Å². The maximum atomic E-state index is 12.1. The topological polar surface area (TPSA) is 76.7 Å². The predicted octanol–water partition coefficient (Wildman–Crippen LogP) is 1.05. The van der Waals surface area contributed by atoms with Gasteiger partial charge < -0.3 is 20.1 Å². The standard InChI is InChI=1S/C14H24N2O4/c1-13(2,3)20-12(18)16-10-5-9-7-15-8-14(9,6-10)11(17)19-4/h9-10,15H,5-8H2,1-4H3,(H,16,18)/t9-,10+,14-/m1/s1. The minimum atomic E-state index is -0.514. The first-order chi connectivity index (χ1) is 9.27. The van der Waals surface area contributed by atoms with Crippen LogP contribution in [0.3, 0.4) is 0 Å². The molecule has 1 saturated carbocycles. The van der Waals surface area contributed by atoms with Gasteiger partial charge in [-0.1, -0.05) is 0 Å². The summed E-state index contributed by atoms with van der Waals surface area (Å²) < 4.78 is 10.2. The quantitative estimate of drug-likeness (QED) is 0.741. The lowest BCUT2D eigenvalue weighted by atomic mass is 9.81. The molecule has 2 N–H and O–H groups in total. The Morgan fingerprint density at radius 2 is 2.05 bits per heavy atom. The summed E-state index contributed by atoms with van der Waals surface area (Å²) in [6.07, 6.45) is 0.966. The Morgan fingerprint density at radius 1 is 1.35 bits per heavy atom. The Morgan fingerprint density at radius 3 is 2.65 bits per heavy atom. The van der Waals surface area contributed by atoms with E-state index in [-0.39, 0.29) is 17.9 Å². The highest BCUT2D eigenvalue weighted by Gasteiger charge is 2.56. The van der Waals surface area contributed by atoms with Gasteiger partial charge in [-0.2, -0.15) is 0 Å². The molecule has 1 aliphatic carbocycles. The van der Waals surface area contributed by atoms with Gasteiger partial charge in [-0.25, -0.2) is 4.79 Å². The molecule has 2 rings (SSSR count). The van der Waals surface area contributed by atoms with Gasteiger partial charge in [-0.15, -0.1) is 0 Å². The van der Waals surface area contributed by atoms with Crippen LogP contribution in [0.5, 0.6) is 0 Å². The number of methoxy groups -OCH3 is 1.